The molecule has 76 valence electrons. The van der Waals surface area contributed by atoms with E-state index in [-0.39, 0.29) is 6.10 Å². The Morgan fingerprint density at radius 1 is 1.36 bits per heavy atom. The van der Waals surface area contributed by atoms with Gasteiger partial charge in [-0.15, -0.1) is 0 Å². The van der Waals surface area contributed by atoms with Gasteiger partial charge in [-0.3, -0.25) is 0 Å². The SMILES string of the molecule is Cc1cc(O)cc(N2CCC(O)C2)c1. The molecule has 2 N–H and O–H groups in total. The van der Waals surface area contributed by atoms with Crippen LogP contribution in [-0.2, 0) is 0 Å². The molecule has 0 spiro atoms. The third-order valence-corrected chi connectivity index (χ3v) is 2.58. The Morgan fingerprint density at radius 2 is 2.14 bits per heavy atom. The smallest absolute Gasteiger partial charge is 0.117 e. The number of phenols is 1. The summed E-state index contributed by atoms with van der Waals surface area (Å²) in [6, 6.07) is 5.50. The van der Waals surface area contributed by atoms with E-state index in [4.69, 9.17) is 0 Å². The molecular weight excluding hydrogens is 178 g/mol. The van der Waals surface area contributed by atoms with Crippen molar-refractivity contribution in [2.75, 3.05) is 18.0 Å². The van der Waals surface area contributed by atoms with E-state index in [1.165, 1.54) is 0 Å². The molecule has 0 saturated carbocycles. The third-order valence-electron chi connectivity index (χ3n) is 2.58. The van der Waals surface area contributed by atoms with Gasteiger partial charge < -0.3 is 15.1 Å². The largest absolute Gasteiger partial charge is 0.508 e. The number of rotatable bonds is 1. The van der Waals surface area contributed by atoms with Gasteiger partial charge in [0.05, 0.1) is 6.10 Å². The Balaban J connectivity index is 2.23. The summed E-state index contributed by atoms with van der Waals surface area (Å²) in [5, 5.41) is 18.8. The number of hydrogen-bond donors (Lipinski definition) is 2. The van der Waals surface area contributed by atoms with Crippen molar-refractivity contribution in [3.63, 3.8) is 0 Å². The Hall–Kier alpha value is -1.22. The number of hydrogen-bond acceptors (Lipinski definition) is 3. The Bertz CT molecular complexity index is 318. The van der Waals surface area contributed by atoms with Crippen LogP contribution in [0.15, 0.2) is 18.2 Å². The molecule has 1 aliphatic rings. The monoisotopic (exact) mass is 193 g/mol. The van der Waals surface area contributed by atoms with Crippen LogP contribution in [0.1, 0.15) is 12.0 Å². The first-order chi connectivity index (χ1) is 6.65. The van der Waals surface area contributed by atoms with Crippen molar-refractivity contribution in [3.8, 4) is 5.75 Å². The van der Waals surface area contributed by atoms with Crippen LogP contribution in [0.2, 0.25) is 0 Å². The molecule has 1 fully saturated rings. The zero-order valence-electron chi connectivity index (χ0n) is 8.27. The van der Waals surface area contributed by atoms with Crippen LogP contribution < -0.4 is 4.90 Å². The molecule has 0 aromatic heterocycles. The van der Waals surface area contributed by atoms with Crippen molar-refractivity contribution in [1.29, 1.82) is 0 Å². The highest BCUT2D eigenvalue weighted by molar-refractivity contribution is 5.53. The second-order valence-corrected chi connectivity index (χ2v) is 3.92. The molecule has 0 amide bonds. The van der Waals surface area contributed by atoms with Crippen molar-refractivity contribution < 1.29 is 10.2 Å². The van der Waals surface area contributed by atoms with E-state index in [0.29, 0.717) is 12.3 Å². The maximum atomic E-state index is 9.43. The zero-order chi connectivity index (χ0) is 10.1. The summed E-state index contributed by atoms with van der Waals surface area (Å²) in [4.78, 5) is 2.09. The predicted molar refractivity (Wildman–Crippen MR) is 55.7 cm³/mol. The fourth-order valence-electron chi connectivity index (χ4n) is 1.90. The lowest BCUT2D eigenvalue weighted by Gasteiger charge is -2.18. The van der Waals surface area contributed by atoms with Crippen molar-refractivity contribution in [2.24, 2.45) is 0 Å². The van der Waals surface area contributed by atoms with Crippen molar-refractivity contribution in [1.82, 2.24) is 0 Å². The topological polar surface area (TPSA) is 43.7 Å². The maximum Gasteiger partial charge on any atom is 0.117 e. The molecule has 2 rings (SSSR count). The second kappa shape index (κ2) is 3.50. The highest BCUT2D eigenvalue weighted by Gasteiger charge is 2.20. The summed E-state index contributed by atoms with van der Waals surface area (Å²) in [7, 11) is 0. The number of aliphatic hydroxyl groups is 1. The third kappa shape index (κ3) is 1.82. The molecule has 1 unspecified atom stereocenters. The van der Waals surface area contributed by atoms with Crippen LogP contribution in [-0.4, -0.2) is 29.4 Å². The van der Waals surface area contributed by atoms with Crippen LogP contribution in [0.25, 0.3) is 0 Å². The van der Waals surface area contributed by atoms with Crippen molar-refractivity contribution in [2.45, 2.75) is 19.4 Å². The fourth-order valence-corrected chi connectivity index (χ4v) is 1.90. The van der Waals surface area contributed by atoms with E-state index >= 15 is 0 Å². The Kier molecular flexibility index (Phi) is 2.33. The van der Waals surface area contributed by atoms with E-state index in [0.717, 1.165) is 24.2 Å². The lowest BCUT2D eigenvalue weighted by Crippen LogP contribution is -2.21. The number of aromatic hydroxyl groups is 1. The first-order valence-corrected chi connectivity index (χ1v) is 4.89. The van der Waals surface area contributed by atoms with E-state index in [2.05, 4.69) is 4.90 Å². The van der Waals surface area contributed by atoms with Crippen LogP contribution >= 0.6 is 0 Å². The normalized spacial score (nSPS) is 21.6. The standard InChI is InChI=1S/C11H15NO2/c1-8-4-9(6-11(14)5-8)12-3-2-10(13)7-12/h4-6,10,13-14H,2-3,7H2,1H3. The number of aryl methyl sites for hydroxylation is 1. The van der Waals surface area contributed by atoms with Gasteiger partial charge in [0, 0.05) is 24.8 Å². The number of aliphatic hydroxyl groups excluding tert-OH is 1. The number of nitrogens with zero attached hydrogens (tertiary/aromatic N) is 1. The van der Waals surface area contributed by atoms with E-state index in [1.54, 1.807) is 12.1 Å². The summed E-state index contributed by atoms with van der Waals surface area (Å²) >= 11 is 0. The van der Waals surface area contributed by atoms with Gasteiger partial charge in [0.1, 0.15) is 5.75 Å². The van der Waals surface area contributed by atoms with Crippen LogP contribution in [0.5, 0.6) is 5.75 Å². The molecule has 1 saturated heterocycles. The minimum Gasteiger partial charge on any atom is -0.508 e. The van der Waals surface area contributed by atoms with Crippen molar-refractivity contribution in [3.05, 3.63) is 23.8 Å². The zero-order valence-corrected chi connectivity index (χ0v) is 8.27. The molecule has 3 heteroatoms. The van der Waals surface area contributed by atoms with Gasteiger partial charge >= 0.3 is 0 Å². The van der Waals surface area contributed by atoms with Crippen LogP contribution in [0, 0.1) is 6.92 Å². The quantitative estimate of drug-likeness (QED) is 0.706. The molecule has 14 heavy (non-hydrogen) atoms. The summed E-state index contributed by atoms with van der Waals surface area (Å²) < 4.78 is 0. The molecule has 0 radical (unpaired) electrons. The van der Waals surface area contributed by atoms with Crippen molar-refractivity contribution >= 4 is 5.69 Å². The first-order valence-electron chi connectivity index (χ1n) is 4.89. The molecule has 1 atom stereocenters. The molecule has 0 aliphatic carbocycles. The minimum absolute atomic E-state index is 0.224. The molecule has 1 aliphatic heterocycles. The Morgan fingerprint density at radius 3 is 2.71 bits per heavy atom. The maximum absolute atomic E-state index is 9.43. The Labute approximate surface area is 83.6 Å². The van der Waals surface area contributed by atoms with Gasteiger partial charge in [0.2, 0.25) is 0 Å². The average Bonchev–Trinajstić information content (AvgIpc) is 2.50. The number of anilines is 1. The van der Waals surface area contributed by atoms with E-state index in [1.807, 2.05) is 13.0 Å². The van der Waals surface area contributed by atoms with Gasteiger partial charge in [0.25, 0.3) is 0 Å². The summed E-state index contributed by atoms with van der Waals surface area (Å²) in [5.41, 5.74) is 2.04. The summed E-state index contributed by atoms with van der Waals surface area (Å²) in [6.07, 6.45) is 0.590. The average molecular weight is 193 g/mol. The number of β-amino-alcohol motifs (C(OH)–C–C–N with tert-alkyl or cyclic N) is 1. The highest BCUT2D eigenvalue weighted by Crippen LogP contribution is 2.25. The number of benzene rings is 1. The van der Waals surface area contributed by atoms with Gasteiger partial charge in [0.15, 0.2) is 0 Å². The molecular formula is C11H15NO2. The predicted octanol–water partition coefficient (Wildman–Crippen LogP) is 1.27. The van der Waals surface area contributed by atoms with Gasteiger partial charge in [-0.25, -0.2) is 0 Å². The molecule has 0 bridgehead atoms. The highest BCUT2D eigenvalue weighted by atomic mass is 16.3. The molecule has 3 nitrogen and oxygen atoms in total. The van der Waals surface area contributed by atoms with Gasteiger partial charge in [-0.2, -0.15) is 0 Å². The molecule has 1 aromatic rings. The minimum atomic E-state index is -0.224. The summed E-state index contributed by atoms with van der Waals surface area (Å²) in [6.45, 7) is 3.49. The fraction of sp³-hybridized carbons (Fsp3) is 0.455. The molecule has 1 heterocycles. The van der Waals surface area contributed by atoms with E-state index < -0.39 is 0 Å². The van der Waals surface area contributed by atoms with E-state index in [9.17, 15) is 10.2 Å². The number of phenolic OH excluding ortho intramolecular Hbond substituents is 1. The second-order valence-electron chi connectivity index (χ2n) is 3.92. The lowest BCUT2D eigenvalue weighted by atomic mass is 10.2. The summed E-state index contributed by atoms with van der Waals surface area (Å²) in [5.74, 6) is 0.293. The van der Waals surface area contributed by atoms with Crippen LogP contribution in [0.4, 0.5) is 5.69 Å². The van der Waals surface area contributed by atoms with Gasteiger partial charge in [-0.05, 0) is 31.0 Å². The van der Waals surface area contributed by atoms with Crippen LogP contribution in [0.3, 0.4) is 0 Å². The first kappa shape index (κ1) is 9.34. The lowest BCUT2D eigenvalue weighted by molar-refractivity contribution is 0.198. The molecule has 1 aromatic carbocycles. The van der Waals surface area contributed by atoms with Gasteiger partial charge in [-0.1, -0.05) is 0 Å².